The first-order valence-electron chi connectivity index (χ1n) is 5.01. The van der Waals surface area contributed by atoms with Crippen molar-refractivity contribution in [2.75, 3.05) is 7.05 Å². The van der Waals surface area contributed by atoms with Gasteiger partial charge in [-0.3, -0.25) is 0 Å². The van der Waals surface area contributed by atoms with Gasteiger partial charge in [-0.15, -0.1) is 0 Å². The monoisotopic (exact) mass is 181 g/mol. The van der Waals surface area contributed by atoms with Crippen molar-refractivity contribution < 1.29 is 4.42 Å². The Balaban J connectivity index is 2.56. The largest absolute Gasteiger partial charge is 0.465 e. The fourth-order valence-corrected chi connectivity index (χ4v) is 1.48. The van der Waals surface area contributed by atoms with E-state index < -0.39 is 0 Å². The lowest BCUT2D eigenvalue weighted by molar-refractivity contribution is 0.395. The van der Waals surface area contributed by atoms with Gasteiger partial charge >= 0.3 is 0 Å². The average Bonchev–Trinajstić information content (AvgIpc) is 2.54. The summed E-state index contributed by atoms with van der Waals surface area (Å²) in [5.74, 6) is 2.06. The lowest BCUT2D eigenvalue weighted by Crippen LogP contribution is -2.15. The summed E-state index contributed by atoms with van der Waals surface area (Å²) in [5.41, 5.74) is 0. The van der Waals surface area contributed by atoms with Crippen molar-refractivity contribution in [2.45, 2.75) is 39.2 Å². The zero-order valence-electron chi connectivity index (χ0n) is 8.76. The summed E-state index contributed by atoms with van der Waals surface area (Å²) < 4.78 is 5.57. The Kier molecular flexibility index (Phi) is 4.03. The summed E-state index contributed by atoms with van der Waals surface area (Å²) in [6.07, 6.45) is 3.63. The molecule has 0 aliphatic rings. The number of nitrogens with one attached hydrogen (secondary N) is 1. The van der Waals surface area contributed by atoms with Crippen LogP contribution in [0, 0.1) is 6.92 Å². The molecular weight excluding hydrogens is 162 g/mol. The van der Waals surface area contributed by atoms with Gasteiger partial charge in [-0.05, 0) is 32.5 Å². The van der Waals surface area contributed by atoms with Crippen LogP contribution >= 0.6 is 0 Å². The van der Waals surface area contributed by atoms with Gasteiger partial charge in [0.25, 0.3) is 0 Å². The molecule has 0 aliphatic carbocycles. The number of hydrogen-bond acceptors (Lipinski definition) is 2. The fourth-order valence-electron chi connectivity index (χ4n) is 1.48. The Bertz CT molecular complexity index is 242. The Morgan fingerprint density at radius 3 is 2.69 bits per heavy atom. The second-order valence-electron chi connectivity index (χ2n) is 3.43. The molecule has 0 bridgehead atoms. The Hall–Kier alpha value is -0.760. The standard InChI is InChI=1S/C11H19NO/c1-4-5-6-10(12-3)11-8-7-9(2)13-11/h7-8,10,12H,4-6H2,1-3H3. The van der Waals surface area contributed by atoms with Gasteiger partial charge in [-0.1, -0.05) is 19.8 Å². The highest BCUT2D eigenvalue weighted by Crippen LogP contribution is 2.20. The Morgan fingerprint density at radius 1 is 1.46 bits per heavy atom. The normalized spacial score (nSPS) is 13.2. The molecule has 1 heterocycles. The van der Waals surface area contributed by atoms with Crippen LogP contribution in [0.25, 0.3) is 0 Å². The molecule has 0 amide bonds. The minimum atomic E-state index is 0.383. The van der Waals surface area contributed by atoms with Gasteiger partial charge in [0.1, 0.15) is 11.5 Å². The quantitative estimate of drug-likeness (QED) is 0.755. The molecule has 2 nitrogen and oxygen atoms in total. The van der Waals surface area contributed by atoms with Crippen molar-refractivity contribution in [1.29, 1.82) is 0 Å². The van der Waals surface area contributed by atoms with E-state index in [1.165, 1.54) is 12.8 Å². The highest BCUT2D eigenvalue weighted by Gasteiger charge is 2.11. The van der Waals surface area contributed by atoms with Crippen LogP contribution in [0.15, 0.2) is 16.5 Å². The lowest BCUT2D eigenvalue weighted by Gasteiger charge is -2.12. The molecule has 0 aromatic carbocycles. The summed E-state index contributed by atoms with van der Waals surface area (Å²) in [4.78, 5) is 0. The van der Waals surface area contributed by atoms with Crippen molar-refractivity contribution in [3.8, 4) is 0 Å². The highest BCUT2D eigenvalue weighted by atomic mass is 16.3. The maximum atomic E-state index is 5.57. The summed E-state index contributed by atoms with van der Waals surface area (Å²) in [5, 5.41) is 3.27. The van der Waals surface area contributed by atoms with Crippen LogP contribution in [0.4, 0.5) is 0 Å². The summed E-state index contributed by atoms with van der Waals surface area (Å²) >= 11 is 0. The van der Waals surface area contributed by atoms with Crippen LogP contribution in [0.1, 0.15) is 43.7 Å². The van der Waals surface area contributed by atoms with E-state index in [0.29, 0.717) is 6.04 Å². The SMILES string of the molecule is CCCCC(NC)c1ccc(C)o1. The highest BCUT2D eigenvalue weighted by molar-refractivity contribution is 5.09. The third kappa shape index (κ3) is 2.88. The predicted octanol–water partition coefficient (Wildman–Crippen LogP) is 3.04. The number of rotatable bonds is 5. The van der Waals surface area contributed by atoms with Gasteiger partial charge in [-0.2, -0.15) is 0 Å². The maximum absolute atomic E-state index is 5.57. The van der Waals surface area contributed by atoms with Crippen molar-refractivity contribution >= 4 is 0 Å². The van der Waals surface area contributed by atoms with Gasteiger partial charge in [0.05, 0.1) is 6.04 Å². The topological polar surface area (TPSA) is 25.2 Å². The van der Waals surface area contributed by atoms with Gasteiger partial charge in [0.15, 0.2) is 0 Å². The van der Waals surface area contributed by atoms with E-state index in [1.807, 2.05) is 20.0 Å². The van der Waals surface area contributed by atoms with Crippen LogP contribution in [0.2, 0.25) is 0 Å². The first-order valence-corrected chi connectivity index (χ1v) is 5.01. The summed E-state index contributed by atoms with van der Waals surface area (Å²) in [6, 6.07) is 4.46. The van der Waals surface area contributed by atoms with Crippen LogP contribution in [0.3, 0.4) is 0 Å². The Labute approximate surface area is 80.3 Å². The van der Waals surface area contributed by atoms with Gasteiger partial charge in [0, 0.05) is 0 Å². The van der Waals surface area contributed by atoms with E-state index in [2.05, 4.69) is 18.3 Å². The van der Waals surface area contributed by atoms with E-state index in [4.69, 9.17) is 4.42 Å². The molecular formula is C11H19NO. The number of aryl methyl sites for hydroxylation is 1. The van der Waals surface area contributed by atoms with Crippen LogP contribution in [0.5, 0.6) is 0 Å². The van der Waals surface area contributed by atoms with E-state index in [-0.39, 0.29) is 0 Å². The van der Waals surface area contributed by atoms with E-state index in [0.717, 1.165) is 17.9 Å². The lowest BCUT2D eigenvalue weighted by atomic mass is 10.1. The fraction of sp³-hybridized carbons (Fsp3) is 0.636. The van der Waals surface area contributed by atoms with Crippen molar-refractivity contribution in [3.63, 3.8) is 0 Å². The van der Waals surface area contributed by atoms with Crippen LogP contribution in [-0.4, -0.2) is 7.05 Å². The van der Waals surface area contributed by atoms with Gasteiger partial charge in [-0.25, -0.2) is 0 Å². The second kappa shape index (κ2) is 5.07. The molecule has 1 rings (SSSR count). The number of unbranched alkanes of at least 4 members (excludes halogenated alkanes) is 1. The molecule has 13 heavy (non-hydrogen) atoms. The van der Waals surface area contributed by atoms with Gasteiger partial charge in [0.2, 0.25) is 0 Å². The molecule has 2 heteroatoms. The first kappa shape index (κ1) is 10.3. The smallest absolute Gasteiger partial charge is 0.121 e. The van der Waals surface area contributed by atoms with E-state index in [9.17, 15) is 0 Å². The molecule has 74 valence electrons. The van der Waals surface area contributed by atoms with Crippen LogP contribution in [-0.2, 0) is 0 Å². The van der Waals surface area contributed by atoms with Crippen LogP contribution < -0.4 is 5.32 Å². The molecule has 0 saturated carbocycles. The summed E-state index contributed by atoms with van der Waals surface area (Å²) in [7, 11) is 1.98. The maximum Gasteiger partial charge on any atom is 0.121 e. The third-order valence-corrected chi connectivity index (χ3v) is 2.30. The molecule has 1 atom stereocenters. The van der Waals surface area contributed by atoms with E-state index in [1.54, 1.807) is 0 Å². The third-order valence-electron chi connectivity index (χ3n) is 2.30. The van der Waals surface area contributed by atoms with Crippen molar-refractivity contribution in [2.24, 2.45) is 0 Å². The minimum Gasteiger partial charge on any atom is -0.465 e. The van der Waals surface area contributed by atoms with E-state index >= 15 is 0 Å². The number of hydrogen-bond donors (Lipinski definition) is 1. The molecule has 1 aromatic heterocycles. The Morgan fingerprint density at radius 2 is 2.23 bits per heavy atom. The predicted molar refractivity (Wildman–Crippen MR) is 54.8 cm³/mol. The minimum absolute atomic E-state index is 0.383. The molecule has 0 fully saturated rings. The molecule has 0 aliphatic heterocycles. The van der Waals surface area contributed by atoms with Crippen molar-refractivity contribution in [3.05, 3.63) is 23.7 Å². The first-order chi connectivity index (χ1) is 6.27. The summed E-state index contributed by atoms with van der Waals surface area (Å²) in [6.45, 7) is 4.19. The molecule has 1 aromatic rings. The van der Waals surface area contributed by atoms with Gasteiger partial charge < -0.3 is 9.73 Å². The molecule has 0 radical (unpaired) electrons. The van der Waals surface area contributed by atoms with Crippen molar-refractivity contribution in [1.82, 2.24) is 5.32 Å². The second-order valence-corrected chi connectivity index (χ2v) is 3.43. The molecule has 1 unspecified atom stereocenters. The average molecular weight is 181 g/mol. The number of furan rings is 1. The molecule has 0 spiro atoms. The zero-order chi connectivity index (χ0) is 9.68. The zero-order valence-corrected chi connectivity index (χ0v) is 8.76. The molecule has 1 N–H and O–H groups in total. The molecule has 0 saturated heterocycles.